The second kappa shape index (κ2) is 5.93. The van der Waals surface area contributed by atoms with Crippen LogP contribution in [0.4, 0.5) is 10.5 Å². The lowest BCUT2D eigenvalue weighted by Crippen LogP contribution is -2.37. The van der Waals surface area contributed by atoms with Gasteiger partial charge in [0, 0.05) is 24.3 Å². The Morgan fingerprint density at radius 3 is 2.95 bits per heavy atom. The van der Waals surface area contributed by atoms with Crippen molar-refractivity contribution in [2.75, 3.05) is 25.1 Å². The number of benzene rings is 1. The Balaban J connectivity index is 2.06. The highest BCUT2D eigenvalue weighted by molar-refractivity contribution is 5.67. The van der Waals surface area contributed by atoms with Crippen LogP contribution in [0.3, 0.4) is 0 Å². The molecule has 5 heteroatoms. The minimum Gasteiger partial charge on any atom is -0.453 e. The van der Waals surface area contributed by atoms with Gasteiger partial charge in [-0.3, -0.25) is 0 Å². The zero-order chi connectivity index (χ0) is 13.8. The lowest BCUT2D eigenvalue weighted by atomic mass is 10.1. The summed E-state index contributed by atoms with van der Waals surface area (Å²) in [6.07, 6.45) is -0.0112. The van der Waals surface area contributed by atoms with Crippen molar-refractivity contribution < 1.29 is 14.6 Å². The van der Waals surface area contributed by atoms with Crippen LogP contribution in [0.15, 0.2) is 24.3 Å². The number of aliphatic hydroxyl groups excluding tert-OH is 1. The Labute approximate surface area is 113 Å². The van der Waals surface area contributed by atoms with Gasteiger partial charge < -0.3 is 20.1 Å². The zero-order valence-electron chi connectivity index (χ0n) is 11.3. The Kier molecular flexibility index (Phi) is 4.27. The van der Waals surface area contributed by atoms with E-state index in [1.54, 1.807) is 6.92 Å². The van der Waals surface area contributed by atoms with Crippen LogP contribution in [-0.2, 0) is 4.74 Å². The average Bonchev–Trinajstić information content (AvgIpc) is 2.86. The summed E-state index contributed by atoms with van der Waals surface area (Å²) < 4.78 is 4.61. The fourth-order valence-corrected chi connectivity index (χ4v) is 2.45. The Morgan fingerprint density at radius 1 is 1.53 bits per heavy atom. The van der Waals surface area contributed by atoms with Crippen molar-refractivity contribution in [2.24, 2.45) is 0 Å². The van der Waals surface area contributed by atoms with Crippen molar-refractivity contribution in [2.45, 2.75) is 25.5 Å². The van der Waals surface area contributed by atoms with E-state index in [0.717, 1.165) is 30.8 Å². The molecule has 1 fully saturated rings. The van der Waals surface area contributed by atoms with Gasteiger partial charge in [0.1, 0.15) is 0 Å². The number of methoxy groups -OCH3 is 1. The second-order valence-corrected chi connectivity index (χ2v) is 4.80. The van der Waals surface area contributed by atoms with Crippen LogP contribution in [0.2, 0.25) is 0 Å². The quantitative estimate of drug-likeness (QED) is 0.872. The molecule has 5 nitrogen and oxygen atoms in total. The number of rotatable bonds is 3. The van der Waals surface area contributed by atoms with E-state index in [-0.39, 0.29) is 6.04 Å². The van der Waals surface area contributed by atoms with Gasteiger partial charge in [-0.25, -0.2) is 4.79 Å². The molecule has 0 saturated carbocycles. The molecule has 2 atom stereocenters. The monoisotopic (exact) mass is 264 g/mol. The number of para-hydroxylation sites is 1. The Bertz CT molecular complexity index is 448. The lowest BCUT2D eigenvalue weighted by Gasteiger charge is -2.23. The maximum atomic E-state index is 11.2. The third kappa shape index (κ3) is 3.17. The highest BCUT2D eigenvalue weighted by atomic mass is 16.5. The number of carbonyl (C=O) groups is 1. The molecule has 2 N–H and O–H groups in total. The summed E-state index contributed by atoms with van der Waals surface area (Å²) in [5, 5.41) is 12.6. The SMILES string of the molecule is COC(=O)NC1CCN(c2ccccc2[C@H](C)O)C1. The number of nitrogens with one attached hydrogen (secondary N) is 1. The van der Waals surface area contributed by atoms with E-state index >= 15 is 0 Å². The molecule has 19 heavy (non-hydrogen) atoms. The van der Waals surface area contributed by atoms with Crippen LogP contribution < -0.4 is 10.2 Å². The number of ether oxygens (including phenoxy) is 1. The van der Waals surface area contributed by atoms with Crippen molar-refractivity contribution in [3.63, 3.8) is 0 Å². The fraction of sp³-hybridized carbons (Fsp3) is 0.500. The first-order valence-electron chi connectivity index (χ1n) is 6.48. The molecule has 2 rings (SSSR count). The molecule has 1 aliphatic heterocycles. The smallest absolute Gasteiger partial charge is 0.407 e. The van der Waals surface area contributed by atoms with Crippen LogP contribution in [-0.4, -0.2) is 37.4 Å². The highest BCUT2D eigenvalue weighted by Gasteiger charge is 2.26. The molecular formula is C14H20N2O3. The molecule has 0 spiro atoms. The Morgan fingerprint density at radius 2 is 2.26 bits per heavy atom. The lowest BCUT2D eigenvalue weighted by molar-refractivity contribution is 0.167. The summed E-state index contributed by atoms with van der Waals surface area (Å²) in [6, 6.07) is 7.91. The molecule has 1 aromatic carbocycles. The van der Waals surface area contributed by atoms with Crippen molar-refractivity contribution in [1.29, 1.82) is 0 Å². The first kappa shape index (κ1) is 13.7. The first-order chi connectivity index (χ1) is 9.11. The van der Waals surface area contributed by atoms with Crippen LogP contribution in [0, 0.1) is 0 Å². The number of anilines is 1. The van der Waals surface area contributed by atoms with Crippen molar-refractivity contribution in [1.82, 2.24) is 5.32 Å². The largest absolute Gasteiger partial charge is 0.453 e. The molecule has 1 heterocycles. The van der Waals surface area contributed by atoms with Gasteiger partial charge in [0.2, 0.25) is 0 Å². The average molecular weight is 264 g/mol. The standard InChI is InChI=1S/C14H20N2O3/c1-10(17)12-5-3-4-6-13(12)16-8-7-11(9-16)15-14(18)19-2/h3-6,10-11,17H,7-9H2,1-2H3,(H,15,18)/t10-,11?/m0/s1. The molecule has 0 bridgehead atoms. The van der Waals surface area contributed by atoms with Crippen LogP contribution in [0.1, 0.15) is 25.0 Å². The van der Waals surface area contributed by atoms with Crippen molar-refractivity contribution in [3.05, 3.63) is 29.8 Å². The first-order valence-corrected chi connectivity index (χ1v) is 6.48. The van der Waals surface area contributed by atoms with E-state index in [4.69, 9.17) is 0 Å². The molecule has 1 saturated heterocycles. The summed E-state index contributed by atoms with van der Waals surface area (Å²) in [5.41, 5.74) is 1.95. The molecule has 1 aliphatic rings. The van der Waals surface area contributed by atoms with E-state index in [9.17, 15) is 9.90 Å². The summed E-state index contributed by atoms with van der Waals surface area (Å²) in [5.74, 6) is 0. The number of amides is 1. The van der Waals surface area contributed by atoms with Gasteiger partial charge in [0.25, 0.3) is 0 Å². The van der Waals surface area contributed by atoms with Gasteiger partial charge in [0.05, 0.1) is 19.3 Å². The van der Waals surface area contributed by atoms with E-state index in [1.165, 1.54) is 7.11 Å². The minimum absolute atomic E-state index is 0.0921. The predicted molar refractivity (Wildman–Crippen MR) is 73.2 cm³/mol. The molecule has 1 unspecified atom stereocenters. The third-order valence-corrected chi connectivity index (χ3v) is 3.42. The molecular weight excluding hydrogens is 244 g/mol. The Hall–Kier alpha value is -1.75. The molecule has 0 aromatic heterocycles. The van der Waals surface area contributed by atoms with Crippen LogP contribution in [0.25, 0.3) is 0 Å². The molecule has 104 valence electrons. The number of alkyl carbamates (subject to hydrolysis) is 1. The molecule has 0 aliphatic carbocycles. The second-order valence-electron chi connectivity index (χ2n) is 4.80. The van der Waals surface area contributed by atoms with Gasteiger partial charge in [-0.2, -0.15) is 0 Å². The summed E-state index contributed by atoms with van der Waals surface area (Å²) in [7, 11) is 1.37. The number of carbonyl (C=O) groups excluding carboxylic acids is 1. The maximum absolute atomic E-state index is 11.2. The van der Waals surface area contributed by atoms with Crippen molar-refractivity contribution in [3.8, 4) is 0 Å². The third-order valence-electron chi connectivity index (χ3n) is 3.42. The van der Waals surface area contributed by atoms with Gasteiger partial charge in [-0.15, -0.1) is 0 Å². The van der Waals surface area contributed by atoms with E-state index in [2.05, 4.69) is 15.0 Å². The highest BCUT2D eigenvalue weighted by Crippen LogP contribution is 2.28. The summed E-state index contributed by atoms with van der Waals surface area (Å²) in [4.78, 5) is 13.4. The van der Waals surface area contributed by atoms with Crippen LogP contribution in [0.5, 0.6) is 0 Å². The van der Waals surface area contributed by atoms with E-state index < -0.39 is 12.2 Å². The summed E-state index contributed by atoms with van der Waals surface area (Å²) >= 11 is 0. The topological polar surface area (TPSA) is 61.8 Å². The maximum Gasteiger partial charge on any atom is 0.407 e. The van der Waals surface area contributed by atoms with Crippen LogP contribution >= 0.6 is 0 Å². The fourth-order valence-electron chi connectivity index (χ4n) is 2.45. The number of hydrogen-bond donors (Lipinski definition) is 2. The van der Waals surface area contributed by atoms with Gasteiger partial charge in [-0.05, 0) is 19.4 Å². The molecule has 0 radical (unpaired) electrons. The van der Waals surface area contributed by atoms with Gasteiger partial charge >= 0.3 is 6.09 Å². The number of nitrogens with zero attached hydrogens (tertiary/aromatic N) is 1. The number of hydrogen-bond acceptors (Lipinski definition) is 4. The normalized spacial score (nSPS) is 20.2. The minimum atomic E-state index is -0.496. The van der Waals surface area contributed by atoms with Crippen molar-refractivity contribution >= 4 is 11.8 Å². The summed E-state index contributed by atoms with van der Waals surface area (Å²) in [6.45, 7) is 3.36. The van der Waals surface area contributed by atoms with Gasteiger partial charge in [0.15, 0.2) is 0 Å². The van der Waals surface area contributed by atoms with Gasteiger partial charge in [-0.1, -0.05) is 18.2 Å². The van der Waals surface area contributed by atoms with E-state index in [1.807, 2.05) is 24.3 Å². The predicted octanol–water partition coefficient (Wildman–Crippen LogP) is 1.67. The molecule has 1 amide bonds. The zero-order valence-corrected chi connectivity index (χ0v) is 11.3. The number of aliphatic hydroxyl groups is 1. The van der Waals surface area contributed by atoms with E-state index in [0.29, 0.717) is 0 Å². The molecule has 1 aromatic rings.